The number of aromatic nitrogens is 6. The summed E-state index contributed by atoms with van der Waals surface area (Å²) in [6.07, 6.45) is 0. The Morgan fingerprint density at radius 2 is 1.02 bits per heavy atom. The zero-order valence-electron chi connectivity index (χ0n) is 35.7. The lowest BCUT2D eigenvalue weighted by Crippen LogP contribution is -2.32. The van der Waals surface area contributed by atoms with Gasteiger partial charge in [0.05, 0.1) is 26.7 Å². The predicted octanol–water partition coefficient (Wildman–Crippen LogP) is 10.1. The molecule has 0 N–H and O–H groups in total. The molecule has 8 aromatic rings. The van der Waals surface area contributed by atoms with Gasteiger partial charge in [0, 0.05) is 68.1 Å². The Kier molecular flexibility index (Phi) is 7.84. The van der Waals surface area contributed by atoms with E-state index in [1.165, 1.54) is 93.6 Å². The molecule has 3 aliphatic rings. The summed E-state index contributed by atoms with van der Waals surface area (Å²) in [4.78, 5) is 2.87. The van der Waals surface area contributed by atoms with Gasteiger partial charge in [-0.3, -0.25) is 0 Å². The third kappa shape index (κ3) is 4.53. The normalized spacial score (nSPS) is 15.8. The molecular weight excluding hydrogens is 729 g/mol. The van der Waals surface area contributed by atoms with Crippen LogP contribution in [0.5, 0.6) is 0 Å². The average Bonchev–Trinajstić information content (AvgIpc) is 4.03. The molecular formula is C47H55N6OS2+3. The lowest BCUT2D eigenvalue weighted by Gasteiger charge is -2.18. The Hall–Kier alpha value is -4.73. The minimum atomic E-state index is -0.0760. The number of thiophene rings is 2. The molecule has 288 valence electrons. The molecule has 3 aliphatic heterocycles. The summed E-state index contributed by atoms with van der Waals surface area (Å²) in [6.45, 7) is 27.1. The van der Waals surface area contributed by atoms with Gasteiger partial charge in [-0.25, -0.2) is 27.4 Å². The zero-order valence-corrected chi connectivity index (χ0v) is 37.3. The van der Waals surface area contributed by atoms with Crippen LogP contribution in [0.3, 0.4) is 0 Å². The molecule has 0 amide bonds. The van der Waals surface area contributed by atoms with Gasteiger partial charge in [-0.2, -0.15) is 0 Å². The second-order valence-corrected chi connectivity index (χ2v) is 19.6. The Balaban J connectivity index is 0.000000111. The highest BCUT2D eigenvalue weighted by atomic mass is 32.1. The SMILES string of the molecule is Cc1c(C)[n+](C)c2n1C(C)(C)c1c-2oc2ccccc12.Cc1c(C)[n+](C)c2n1C(C)(C)c1c-2sc2ccccc12.Cc1c(C)[n+](C)c2n1C(C)(C)c1ccsc1-2. The first-order valence-corrected chi connectivity index (χ1v) is 21.4. The quantitative estimate of drug-likeness (QED) is 0.141. The number of hydrogen-bond donors (Lipinski definition) is 0. The number of nitrogens with zero attached hydrogens (tertiary/aromatic N) is 6. The van der Waals surface area contributed by atoms with Crippen LogP contribution < -0.4 is 13.7 Å². The van der Waals surface area contributed by atoms with Crippen molar-refractivity contribution in [1.29, 1.82) is 0 Å². The summed E-state index contributed by atoms with van der Waals surface area (Å²) >= 11 is 3.78. The Bertz CT molecular complexity index is 2800. The summed E-state index contributed by atoms with van der Waals surface area (Å²) in [7, 11) is 6.47. The summed E-state index contributed by atoms with van der Waals surface area (Å²) in [5.41, 5.74) is 13.4. The molecule has 11 rings (SSSR count). The van der Waals surface area contributed by atoms with Crippen molar-refractivity contribution in [2.45, 2.75) is 99.7 Å². The smallest absolute Gasteiger partial charge is 0.326 e. The maximum Gasteiger partial charge on any atom is 0.326 e. The zero-order chi connectivity index (χ0) is 40.1. The maximum atomic E-state index is 6.18. The van der Waals surface area contributed by atoms with Crippen molar-refractivity contribution in [2.75, 3.05) is 0 Å². The molecule has 0 fully saturated rings. The van der Waals surface area contributed by atoms with Crippen LogP contribution in [0.1, 0.15) is 92.4 Å². The van der Waals surface area contributed by atoms with E-state index in [-0.39, 0.29) is 16.6 Å². The fourth-order valence-corrected chi connectivity index (χ4v) is 12.9. The Labute approximate surface area is 338 Å². The fraction of sp³-hybridized carbons (Fsp3) is 0.383. The van der Waals surface area contributed by atoms with Crippen molar-refractivity contribution in [3.8, 4) is 33.0 Å². The van der Waals surface area contributed by atoms with Gasteiger partial charge in [-0.05, 0) is 65.1 Å². The van der Waals surface area contributed by atoms with Crippen LogP contribution >= 0.6 is 22.7 Å². The largest absolute Gasteiger partial charge is 0.448 e. The maximum absolute atomic E-state index is 6.18. The molecule has 56 heavy (non-hydrogen) atoms. The van der Waals surface area contributed by atoms with Gasteiger partial charge in [-0.1, -0.05) is 36.4 Å². The van der Waals surface area contributed by atoms with E-state index < -0.39 is 0 Å². The van der Waals surface area contributed by atoms with Crippen LogP contribution in [0.2, 0.25) is 0 Å². The minimum absolute atomic E-state index is 0.0281. The third-order valence-corrected chi connectivity index (χ3v) is 15.8. The topological polar surface area (TPSA) is 39.6 Å². The summed E-state index contributed by atoms with van der Waals surface area (Å²) in [5, 5.41) is 4.85. The molecule has 0 bridgehead atoms. The predicted molar refractivity (Wildman–Crippen MR) is 230 cm³/mol. The number of rotatable bonds is 0. The number of benzene rings is 2. The lowest BCUT2D eigenvalue weighted by molar-refractivity contribution is -0.666. The molecule has 0 unspecified atom stereocenters. The molecule has 0 atom stereocenters. The highest BCUT2D eigenvalue weighted by Crippen LogP contribution is 2.52. The fourth-order valence-electron chi connectivity index (χ4n) is 10.4. The third-order valence-electron chi connectivity index (χ3n) is 13.7. The van der Waals surface area contributed by atoms with E-state index in [4.69, 9.17) is 4.42 Å². The molecule has 2 aromatic carbocycles. The van der Waals surface area contributed by atoms with Crippen LogP contribution in [-0.4, -0.2) is 13.7 Å². The molecule has 7 nitrogen and oxygen atoms in total. The summed E-state index contributed by atoms with van der Waals surface area (Å²) in [5.74, 6) is 4.93. The van der Waals surface area contributed by atoms with Gasteiger partial charge in [0.15, 0.2) is 0 Å². The minimum Gasteiger partial charge on any atom is -0.448 e. The summed E-state index contributed by atoms with van der Waals surface area (Å²) < 4.78 is 21.9. The number of imidazole rings is 3. The van der Waals surface area contributed by atoms with E-state index in [1.807, 2.05) is 28.7 Å². The molecule has 6 aromatic heterocycles. The first-order valence-electron chi connectivity index (χ1n) is 19.7. The van der Waals surface area contributed by atoms with E-state index in [1.54, 1.807) is 0 Å². The highest BCUT2D eigenvalue weighted by molar-refractivity contribution is 7.22. The van der Waals surface area contributed by atoms with E-state index >= 15 is 0 Å². The van der Waals surface area contributed by atoms with Crippen LogP contribution in [0.15, 0.2) is 64.4 Å². The Morgan fingerprint density at radius 3 is 1.64 bits per heavy atom. The van der Waals surface area contributed by atoms with Gasteiger partial charge < -0.3 is 4.42 Å². The van der Waals surface area contributed by atoms with Gasteiger partial charge in [0.25, 0.3) is 5.82 Å². The summed E-state index contributed by atoms with van der Waals surface area (Å²) in [6, 6.07) is 19.4. The number of fused-ring (bicyclic) bond motifs is 13. The highest BCUT2D eigenvalue weighted by Gasteiger charge is 2.51. The molecule has 0 radical (unpaired) electrons. The second-order valence-electron chi connectivity index (χ2n) is 17.6. The molecule has 0 spiro atoms. The van der Waals surface area contributed by atoms with Crippen molar-refractivity contribution in [2.24, 2.45) is 21.1 Å². The number of para-hydroxylation sites is 1. The Morgan fingerprint density at radius 1 is 0.536 bits per heavy atom. The van der Waals surface area contributed by atoms with Gasteiger partial charge in [0.1, 0.15) is 66.1 Å². The average molecular weight is 784 g/mol. The second kappa shape index (κ2) is 11.9. The van der Waals surface area contributed by atoms with Gasteiger partial charge in [0.2, 0.25) is 5.76 Å². The molecule has 9 heteroatoms. The monoisotopic (exact) mass is 783 g/mol. The molecule has 9 heterocycles. The molecule has 0 saturated carbocycles. The standard InChI is InChI=1S/C17H19N2O.C17H19N2S.C13H17N2S/c2*1-10-11(2)19-16(18(10)5)15-14(17(19,3)4)12-8-6-7-9-13(12)20-15;1-8-9(2)15-12(14(8)5)11-10(6-7-16-11)13(15,3)4/h2*6-9H,1-5H3;6-7H,1-5H3/q3*+1. The van der Waals surface area contributed by atoms with Gasteiger partial charge >= 0.3 is 11.6 Å². The van der Waals surface area contributed by atoms with Crippen LogP contribution in [0.4, 0.5) is 0 Å². The van der Waals surface area contributed by atoms with Gasteiger partial charge in [-0.15, -0.1) is 22.7 Å². The van der Waals surface area contributed by atoms with Crippen molar-refractivity contribution in [3.63, 3.8) is 0 Å². The number of furan rings is 1. The first kappa shape index (κ1) is 36.9. The first-order chi connectivity index (χ1) is 26.3. The number of hydrogen-bond acceptors (Lipinski definition) is 3. The van der Waals surface area contributed by atoms with E-state index in [0.29, 0.717) is 0 Å². The van der Waals surface area contributed by atoms with Crippen LogP contribution in [-0.2, 0) is 37.8 Å². The molecule has 0 aliphatic carbocycles. The van der Waals surface area contributed by atoms with Crippen LogP contribution in [0.25, 0.3) is 54.0 Å². The van der Waals surface area contributed by atoms with E-state index in [2.05, 4.69) is 186 Å². The van der Waals surface area contributed by atoms with Crippen molar-refractivity contribution < 1.29 is 18.1 Å². The van der Waals surface area contributed by atoms with Crippen molar-refractivity contribution in [1.82, 2.24) is 13.7 Å². The van der Waals surface area contributed by atoms with E-state index in [9.17, 15) is 0 Å². The molecule has 0 saturated heterocycles. The van der Waals surface area contributed by atoms with Crippen molar-refractivity contribution in [3.05, 3.63) is 111 Å². The lowest BCUT2D eigenvalue weighted by atomic mass is 9.93. The van der Waals surface area contributed by atoms with Crippen molar-refractivity contribution >= 4 is 43.7 Å². The van der Waals surface area contributed by atoms with Crippen LogP contribution in [0, 0.1) is 41.5 Å². The van der Waals surface area contributed by atoms with E-state index in [0.717, 1.165) is 11.3 Å².